The van der Waals surface area contributed by atoms with Gasteiger partial charge in [0.05, 0.1) is 6.61 Å². The fourth-order valence-electron chi connectivity index (χ4n) is 1.91. The van der Waals surface area contributed by atoms with Gasteiger partial charge in [-0.3, -0.25) is 0 Å². The first-order chi connectivity index (χ1) is 9.11. The Morgan fingerprint density at radius 2 is 1.74 bits per heavy atom. The molecular formula is C15H14Br2O2. The minimum absolute atomic E-state index is 0.575. The Morgan fingerprint density at radius 3 is 2.37 bits per heavy atom. The van der Waals surface area contributed by atoms with Crippen LogP contribution in [0.4, 0.5) is 0 Å². The number of benzene rings is 2. The molecule has 2 aromatic carbocycles. The standard InChI is InChI=1S/C15H14Br2O2/c1-2-19-14-6-4-3-5-13(14)15(18)10-7-11(16)9-12(17)8-10/h3-9,15,18H,2H2,1H3. The molecule has 1 unspecified atom stereocenters. The van der Waals surface area contributed by atoms with Crippen LogP contribution in [0.3, 0.4) is 0 Å². The van der Waals surface area contributed by atoms with Gasteiger partial charge in [0.1, 0.15) is 11.9 Å². The lowest BCUT2D eigenvalue weighted by Crippen LogP contribution is -2.04. The summed E-state index contributed by atoms with van der Waals surface area (Å²) in [5.74, 6) is 0.716. The van der Waals surface area contributed by atoms with E-state index in [0.717, 1.165) is 20.1 Å². The van der Waals surface area contributed by atoms with Crippen LogP contribution in [0.15, 0.2) is 51.4 Å². The average Bonchev–Trinajstić information content (AvgIpc) is 2.38. The molecule has 1 N–H and O–H groups in total. The number of ether oxygens (including phenoxy) is 1. The normalized spacial score (nSPS) is 12.2. The zero-order chi connectivity index (χ0) is 13.8. The SMILES string of the molecule is CCOc1ccccc1C(O)c1cc(Br)cc(Br)c1. The second-order valence-corrected chi connectivity index (χ2v) is 5.91. The quantitative estimate of drug-likeness (QED) is 0.826. The van der Waals surface area contributed by atoms with Crippen LogP contribution in [0, 0.1) is 0 Å². The highest BCUT2D eigenvalue weighted by Gasteiger charge is 2.16. The minimum atomic E-state index is -0.712. The lowest BCUT2D eigenvalue weighted by atomic mass is 10.0. The first-order valence-electron chi connectivity index (χ1n) is 5.97. The highest BCUT2D eigenvalue weighted by molar-refractivity contribution is 9.11. The number of para-hydroxylation sites is 1. The first-order valence-corrected chi connectivity index (χ1v) is 7.56. The van der Waals surface area contributed by atoms with E-state index in [1.165, 1.54) is 0 Å². The summed E-state index contributed by atoms with van der Waals surface area (Å²) in [6.07, 6.45) is -0.712. The lowest BCUT2D eigenvalue weighted by Gasteiger charge is -2.16. The Kier molecular flexibility index (Phi) is 5.02. The molecule has 2 nitrogen and oxygen atoms in total. The van der Waals surface area contributed by atoms with Gasteiger partial charge in [0, 0.05) is 14.5 Å². The zero-order valence-electron chi connectivity index (χ0n) is 10.4. The van der Waals surface area contributed by atoms with Crippen LogP contribution in [0.25, 0.3) is 0 Å². The molecular weight excluding hydrogens is 372 g/mol. The first kappa shape index (κ1) is 14.6. The Balaban J connectivity index is 2.40. The van der Waals surface area contributed by atoms with E-state index < -0.39 is 6.10 Å². The van der Waals surface area contributed by atoms with Gasteiger partial charge in [-0.2, -0.15) is 0 Å². The van der Waals surface area contributed by atoms with E-state index in [1.54, 1.807) is 0 Å². The number of hydrogen-bond acceptors (Lipinski definition) is 2. The topological polar surface area (TPSA) is 29.5 Å². The molecule has 0 heterocycles. The van der Waals surface area contributed by atoms with E-state index in [9.17, 15) is 5.11 Å². The molecule has 2 rings (SSSR count). The Hall–Kier alpha value is -0.840. The second-order valence-electron chi connectivity index (χ2n) is 4.08. The van der Waals surface area contributed by atoms with E-state index in [1.807, 2.05) is 49.4 Å². The third-order valence-corrected chi connectivity index (χ3v) is 3.63. The van der Waals surface area contributed by atoms with Crippen molar-refractivity contribution in [1.82, 2.24) is 0 Å². The molecule has 100 valence electrons. The molecule has 0 radical (unpaired) electrons. The summed E-state index contributed by atoms with van der Waals surface area (Å²) in [5, 5.41) is 10.5. The van der Waals surface area contributed by atoms with Gasteiger partial charge < -0.3 is 9.84 Å². The molecule has 0 saturated carbocycles. The predicted molar refractivity (Wildman–Crippen MR) is 83.5 cm³/mol. The van der Waals surface area contributed by atoms with E-state index >= 15 is 0 Å². The van der Waals surface area contributed by atoms with Gasteiger partial charge in [-0.25, -0.2) is 0 Å². The van der Waals surface area contributed by atoms with Crippen LogP contribution in [0.1, 0.15) is 24.2 Å². The molecule has 2 aromatic rings. The van der Waals surface area contributed by atoms with Crippen molar-refractivity contribution in [3.05, 3.63) is 62.5 Å². The van der Waals surface area contributed by atoms with Crippen molar-refractivity contribution < 1.29 is 9.84 Å². The summed E-state index contributed by atoms with van der Waals surface area (Å²) >= 11 is 6.86. The van der Waals surface area contributed by atoms with Crippen LogP contribution in [-0.2, 0) is 0 Å². The Labute approximate surface area is 129 Å². The molecule has 4 heteroatoms. The molecule has 1 atom stereocenters. The summed E-state index contributed by atoms with van der Waals surface area (Å²) in [4.78, 5) is 0. The van der Waals surface area contributed by atoms with E-state index in [-0.39, 0.29) is 0 Å². The van der Waals surface area contributed by atoms with Gasteiger partial charge in [0.2, 0.25) is 0 Å². The van der Waals surface area contributed by atoms with Gasteiger partial charge >= 0.3 is 0 Å². The number of halogens is 2. The Bertz CT molecular complexity index is 550. The lowest BCUT2D eigenvalue weighted by molar-refractivity contribution is 0.212. The maximum atomic E-state index is 10.5. The zero-order valence-corrected chi connectivity index (χ0v) is 13.6. The molecule has 0 fully saturated rings. The molecule has 0 aliphatic carbocycles. The molecule has 0 aliphatic rings. The van der Waals surface area contributed by atoms with Gasteiger partial charge in [-0.05, 0) is 36.8 Å². The van der Waals surface area contributed by atoms with Crippen LogP contribution in [-0.4, -0.2) is 11.7 Å². The second kappa shape index (κ2) is 6.55. The number of aliphatic hydroxyl groups is 1. The molecule has 0 aromatic heterocycles. The largest absolute Gasteiger partial charge is 0.493 e. The van der Waals surface area contributed by atoms with Crippen molar-refractivity contribution in [2.75, 3.05) is 6.61 Å². The number of aliphatic hydroxyl groups excluding tert-OH is 1. The molecule has 0 bridgehead atoms. The number of hydrogen-bond donors (Lipinski definition) is 1. The van der Waals surface area contributed by atoms with Crippen molar-refractivity contribution in [2.45, 2.75) is 13.0 Å². The van der Waals surface area contributed by atoms with Crippen molar-refractivity contribution >= 4 is 31.9 Å². The van der Waals surface area contributed by atoms with Crippen molar-refractivity contribution in [3.8, 4) is 5.75 Å². The van der Waals surface area contributed by atoms with E-state index in [2.05, 4.69) is 31.9 Å². The van der Waals surface area contributed by atoms with Gasteiger partial charge in [0.15, 0.2) is 0 Å². The summed E-state index contributed by atoms with van der Waals surface area (Å²) < 4.78 is 7.40. The maximum Gasteiger partial charge on any atom is 0.125 e. The summed E-state index contributed by atoms with van der Waals surface area (Å²) in [7, 11) is 0. The highest BCUT2D eigenvalue weighted by atomic mass is 79.9. The van der Waals surface area contributed by atoms with E-state index in [4.69, 9.17) is 4.74 Å². The van der Waals surface area contributed by atoms with Crippen molar-refractivity contribution in [1.29, 1.82) is 0 Å². The molecule has 19 heavy (non-hydrogen) atoms. The molecule has 0 amide bonds. The maximum absolute atomic E-state index is 10.5. The van der Waals surface area contributed by atoms with Gasteiger partial charge in [-0.1, -0.05) is 50.1 Å². The van der Waals surface area contributed by atoms with E-state index in [0.29, 0.717) is 12.4 Å². The van der Waals surface area contributed by atoms with Crippen LogP contribution < -0.4 is 4.74 Å². The molecule has 0 saturated heterocycles. The third kappa shape index (κ3) is 3.59. The summed E-state index contributed by atoms with van der Waals surface area (Å²) in [6.45, 7) is 2.50. The van der Waals surface area contributed by atoms with Gasteiger partial charge in [-0.15, -0.1) is 0 Å². The predicted octanol–water partition coefficient (Wildman–Crippen LogP) is 4.69. The average molecular weight is 386 g/mol. The molecule has 0 aliphatic heterocycles. The monoisotopic (exact) mass is 384 g/mol. The number of rotatable bonds is 4. The van der Waals surface area contributed by atoms with Crippen LogP contribution >= 0.6 is 31.9 Å². The Morgan fingerprint density at radius 1 is 1.11 bits per heavy atom. The van der Waals surface area contributed by atoms with Crippen molar-refractivity contribution in [3.63, 3.8) is 0 Å². The van der Waals surface area contributed by atoms with Crippen LogP contribution in [0.5, 0.6) is 5.75 Å². The molecule has 0 spiro atoms. The minimum Gasteiger partial charge on any atom is -0.493 e. The van der Waals surface area contributed by atoms with Crippen LogP contribution in [0.2, 0.25) is 0 Å². The third-order valence-electron chi connectivity index (χ3n) is 2.71. The highest BCUT2D eigenvalue weighted by Crippen LogP contribution is 2.32. The van der Waals surface area contributed by atoms with Gasteiger partial charge in [0.25, 0.3) is 0 Å². The van der Waals surface area contributed by atoms with Crippen molar-refractivity contribution in [2.24, 2.45) is 0 Å². The fourth-order valence-corrected chi connectivity index (χ4v) is 3.24. The summed E-state index contributed by atoms with van der Waals surface area (Å²) in [6, 6.07) is 13.3. The summed E-state index contributed by atoms with van der Waals surface area (Å²) in [5.41, 5.74) is 1.59. The fraction of sp³-hybridized carbons (Fsp3) is 0.200. The smallest absolute Gasteiger partial charge is 0.125 e.